The number of ether oxygens (including phenoxy) is 3. The van der Waals surface area contributed by atoms with E-state index in [2.05, 4.69) is 0 Å². The molecule has 0 bridgehead atoms. The number of benzene rings is 2. The molecule has 0 aromatic heterocycles. The van der Waals surface area contributed by atoms with Crippen molar-refractivity contribution >= 4 is 16.1 Å². The Hall–Kier alpha value is -2.73. The van der Waals surface area contributed by atoms with Crippen LogP contribution in [-0.2, 0) is 26.1 Å². The number of morpholine rings is 1. The second-order valence-electron chi connectivity index (χ2n) is 7.02. The summed E-state index contributed by atoms with van der Waals surface area (Å²) in [6.45, 7) is 3.42. The minimum atomic E-state index is -4.05. The summed E-state index contributed by atoms with van der Waals surface area (Å²) < 4.78 is 56.6. The third-order valence-corrected chi connectivity index (χ3v) is 6.48. The van der Waals surface area contributed by atoms with Crippen molar-refractivity contribution < 1.29 is 37.0 Å². The van der Waals surface area contributed by atoms with Crippen LogP contribution in [0.4, 0.5) is 9.18 Å². The van der Waals surface area contributed by atoms with Gasteiger partial charge in [-0.2, -0.15) is 4.31 Å². The number of hydroxylamine groups is 1. The van der Waals surface area contributed by atoms with Crippen LogP contribution in [0.1, 0.15) is 19.4 Å². The number of nitrogens with zero attached hydrogens (tertiary/aromatic N) is 1. The van der Waals surface area contributed by atoms with E-state index in [0.717, 1.165) is 9.87 Å². The van der Waals surface area contributed by atoms with Gasteiger partial charge in [-0.05, 0) is 55.8 Å². The van der Waals surface area contributed by atoms with E-state index in [1.54, 1.807) is 26.0 Å². The van der Waals surface area contributed by atoms with E-state index >= 15 is 0 Å². The zero-order valence-corrected chi connectivity index (χ0v) is 17.7. The predicted octanol–water partition coefficient (Wildman–Crippen LogP) is 2.64. The fourth-order valence-electron chi connectivity index (χ4n) is 3.18. The second-order valence-corrected chi connectivity index (χ2v) is 8.91. The molecule has 168 valence electrons. The quantitative estimate of drug-likeness (QED) is 0.509. The normalized spacial score (nSPS) is 22.0. The van der Waals surface area contributed by atoms with Crippen molar-refractivity contribution in [2.45, 2.75) is 43.8 Å². The van der Waals surface area contributed by atoms with Crippen molar-refractivity contribution in [3.05, 3.63) is 59.9 Å². The molecule has 3 atom stereocenters. The van der Waals surface area contributed by atoms with Crippen LogP contribution in [-0.4, -0.2) is 49.0 Å². The lowest BCUT2D eigenvalue weighted by Gasteiger charge is -2.40. The fraction of sp³-hybridized carbons (Fsp3) is 0.350. The lowest BCUT2D eigenvalue weighted by Crippen LogP contribution is -2.57. The molecule has 1 heterocycles. The van der Waals surface area contributed by atoms with Crippen LogP contribution in [0.25, 0.3) is 0 Å². The monoisotopic (exact) mass is 454 g/mol. The summed E-state index contributed by atoms with van der Waals surface area (Å²) in [6, 6.07) is 11.6. The molecule has 2 N–H and O–H groups in total. The SMILES string of the molecule is C[C@@H]1CN(S(=O)(=O)c2ccc(OCc3ccc(F)cc3)cc2)[C@H](OC(=O)NO)[C@@H](C)O1. The molecule has 2 aromatic rings. The molecule has 0 unspecified atom stereocenters. The van der Waals surface area contributed by atoms with Gasteiger partial charge in [-0.25, -0.2) is 23.1 Å². The fourth-order valence-corrected chi connectivity index (χ4v) is 4.83. The molecule has 1 fully saturated rings. The Bertz CT molecular complexity index is 999. The van der Waals surface area contributed by atoms with Gasteiger partial charge in [0.05, 0.1) is 11.0 Å². The molecular weight excluding hydrogens is 431 g/mol. The van der Waals surface area contributed by atoms with Gasteiger partial charge in [-0.1, -0.05) is 12.1 Å². The smallest absolute Gasteiger partial charge is 0.432 e. The summed E-state index contributed by atoms with van der Waals surface area (Å²) in [6.07, 6.45) is -3.64. The number of nitrogens with one attached hydrogen (secondary N) is 1. The van der Waals surface area contributed by atoms with Gasteiger partial charge in [0.2, 0.25) is 10.0 Å². The minimum absolute atomic E-state index is 0.0269. The first-order valence-corrected chi connectivity index (χ1v) is 10.9. The first-order valence-electron chi connectivity index (χ1n) is 9.46. The summed E-state index contributed by atoms with van der Waals surface area (Å²) in [5.41, 5.74) is 2.08. The zero-order chi connectivity index (χ0) is 22.6. The van der Waals surface area contributed by atoms with E-state index in [-0.39, 0.29) is 23.9 Å². The average molecular weight is 454 g/mol. The van der Waals surface area contributed by atoms with Crippen molar-refractivity contribution in [3.63, 3.8) is 0 Å². The molecule has 0 radical (unpaired) electrons. The standard InChI is InChI=1S/C20H23FN2O7S/c1-13-11-23(19(14(2)29-13)30-20(24)22-25)31(26,27)18-9-7-17(8-10-18)28-12-15-3-5-16(21)6-4-15/h3-10,13-14,19,25H,11-12H2,1-2H3,(H,22,24)/t13-,14-,19-/m1/s1. The Morgan fingerprint density at radius 3 is 2.45 bits per heavy atom. The average Bonchev–Trinajstić information content (AvgIpc) is 2.75. The van der Waals surface area contributed by atoms with Gasteiger partial charge in [0.15, 0.2) is 6.23 Å². The maximum atomic E-state index is 13.2. The molecule has 1 amide bonds. The number of amides is 1. The van der Waals surface area contributed by atoms with Gasteiger partial charge in [0.1, 0.15) is 24.3 Å². The number of hydrogen-bond acceptors (Lipinski definition) is 7. The highest BCUT2D eigenvalue weighted by Gasteiger charge is 2.43. The van der Waals surface area contributed by atoms with E-state index in [9.17, 15) is 17.6 Å². The Labute approximate surface area is 179 Å². The van der Waals surface area contributed by atoms with Crippen LogP contribution >= 0.6 is 0 Å². The number of halogens is 1. The summed E-state index contributed by atoms with van der Waals surface area (Å²) in [5, 5.41) is 8.72. The molecule has 11 heteroatoms. The minimum Gasteiger partial charge on any atom is -0.489 e. The Kier molecular flexibility index (Phi) is 7.11. The van der Waals surface area contributed by atoms with E-state index in [1.165, 1.54) is 41.9 Å². The molecule has 1 saturated heterocycles. The molecule has 1 aliphatic heterocycles. The van der Waals surface area contributed by atoms with Crippen LogP contribution < -0.4 is 10.2 Å². The van der Waals surface area contributed by atoms with E-state index in [0.29, 0.717) is 5.75 Å². The van der Waals surface area contributed by atoms with Crippen molar-refractivity contribution in [2.75, 3.05) is 6.54 Å². The number of rotatable bonds is 6. The highest BCUT2D eigenvalue weighted by Crippen LogP contribution is 2.28. The summed E-state index contributed by atoms with van der Waals surface area (Å²) >= 11 is 0. The second kappa shape index (κ2) is 9.60. The van der Waals surface area contributed by atoms with Gasteiger partial charge in [0.25, 0.3) is 0 Å². The van der Waals surface area contributed by atoms with E-state index in [4.69, 9.17) is 19.4 Å². The number of sulfonamides is 1. The summed E-state index contributed by atoms with van der Waals surface area (Å²) in [5.74, 6) is 0.0864. The zero-order valence-electron chi connectivity index (χ0n) is 16.9. The lowest BCUT2D eigenvalue weighted by atomic mass is 10.2. The number of carbonyl (C=O) groups is 1. The first kappa shape index (κ1) is 22.9. The molecule has 2 aromatic carbocycles. The molecule has 0 saturated carbocycles. The third-order valence-electron chi connectivity index (χ3n) is 4.64. The van der Waals surface area contributed by atoms with Crippen LogP contribution in [0.2, 0.25) is 0 Å². The van der Waals surface area contributed by atoms with Crippen molar-refractivity contribution in [1.82, 2.24) is 9.79 Å². The maximum absolute atomic E-state index is 13.2. The summed E-state index contributed by atoms with van der Waals surface area (Å²) in [4.78, 5) is 11.4. The van der Waals surface area contributed by atoms with Crippen molar-refractivity contribution in [3.8, 4) is 5.75 Å². The lowest BCUT2D eigenvalue weighted by molar-refractivity contribution is -0.151. The molecular formula is C20H23FN2O7S. The molecule has 9 nitrogen and oxygen atoms in total. The van der Waals surface area contributed by atoms with Gasteiger partial charge < -0.3 is 14.2 Å². The number of carbonyl (C=O) groups excluding carboxylic acids is 1. The summed E-state index contributed by atoms with van der Waals surface area (Å²) in [7, 11) is -4.05. The highest BCUT2D eigenvalue weighted by atomic mass is 32.2. The Balaban J connectivity index is 1.76. The third kappa shape index (κ3) is 5.50. The maximum Gasteiger partial charge on any atom is 0.432 e. The van der Waals surface area contributed by atoms with Gasteiger partial charge >= 0.3 is 6.09 Å². The van der Waals surface area contributed by atoms with Gasteiger partial charge in [-0.15, -0.1) is 0 Å². The molecule has 31 heavy (non-hydrogen) atoms. The van der Waals surface area contributed by atoms with E-state index < -0.39 is 34.6 Å². The van der Waals surface area contributed by atoms with E-state index in [1.807, 2.05) is 0 Å². The molecule has 0 spiro atoms. The van der Waals surface area contributed by atoms with Crippen molar-refractivity contribution in [2.24, 2.45) is 0 Å². The predicted molar refractivity (Wildman–Crippen MR) is 106 cm³/mol. The largest absolute Gasteiger partial charge is 0.489 e. The van der Waals surface area contributed by atoms with Gasteiger partial charge in [-0.3, -0.25) is 5.21 Å². The van der Waals surface area contributed by atoms with Crippen LogP contribution in [0, 0.1) is 5.82 Å². The van der Waals surface area contributed by atoms with Crippen LogP contribution in [0.15, 0.2) is 53.4 Å². The first-order chi connectivity index (χ1) is 14.7. The Morgan fingerprint density at radius 1 is 1.19 bits per heavy atom. The molecule has 1 aliphatic rings. The highest BCUT2D eigenvalue weighted by molar-refractivity contribution is 7.89. The molecule has 3 rings (SSSR count). The topological polar surface area (TPSA) is 114 Å². The number of hydrogen-bond donors (Lipinski definition) is 2. The van der Waals surface area contributed by atoms with Crippen molar-refractivity contribution in [1.29, 1.82) is 0 Å². The Morgan fingerprint density at radius 2 is 1.84 bits per heavy atom. The molecule has 0 aliphatic carbocycles. The van der Waals surface area contributed by atoms with Crippen LogP contribution in [0.3, 0.4) is 0 Å². The van der Waals surface area contributed by atoms with Crippen LogP contribution in [0.5, 0.6) is 5.75 Å². The van der Waals surface area contributed by atoms with Gasteiger partial charge in [0, 0.05) is 6.54 Å².